The van der Waals surface area contributed by atoms with Gasteiger partial charge in [0, 0.05) is 27.3 Å². The van der Waals surface area contributed by atoms with Crippen LogP contribution in [-0.4, -0.2) is 24.4 Å². The van der Waals surface area contributed by atoms with Crippen LogP contribution in [-0.2, 0) is 10.0 Å². The third-order valence-corrected chi connectivity index (χ3v) is 6.26. The van der Waals surface area contributed by atoms with E-state index in [0.717, 1.165) is 4.47 Å². The molecule has 0 radical (unpaired) electrons. The number of nitrogens with one attached hydrogen (secondary N) is 3. The Morgan fingerprint density at radius 2 is 1.89 bits per heavy atom. The standard InChI is InChI=1S/C17H13BrN4O3S3/c18-12-3-1-2-11(10-12)15(23)21-16(26)20-13-4-6-14(7-5-13)28(24,25)22-17-19-8-9-27-17/h1-10H,(H,19,22)(H2,20,21,23,26). The molecule has 3 N–H and O–H groups in total. The first kappa shape index (κ1) is 20.4. The summed E-state index contributed by atoms with van der Waals surface area (Å²) in [5.74, 6) is -0.356. The lowest BCUT2D eigenvalue weighted by Gasteiger charge is -2.11. The Labute approximate surface area is 179 Å². The molecule has 7 nitrogen and oxygen atoms in total. The predicted octanol–water partition coefficient (Wildman–Crippen LogP) is 3.83. The van der Waals surface area contributed by atoms with Crippen molar-refractivity contribution >= 4 is 71.3 Å². The second-order valence-corrected chi connectivity index (χ2v) is 9.29. The second-order valence-electron chi connectivity index (χ2n) is 5.39. The van der Waals surface area contributed by atoms with Crippen molar-refractivity contribution in [2.75, 3.05) is 10.0 Å². The summed E-state index contributed by atoms with van der Waals surface area (Å²) in [6.07, 6.45) is 1.51. The molecule has 0 saturated heterocycles. The quantitative estimate of drug-likeness (QED) is 0.464. The monoisotopic (exact) mass is 496 g/mol. The molecule has 1 aromatic heterocycles. The highest BCUT2D eigenvalue weighted by Gasteiger charge is 2.15. The summed E-state index contributed by atoms with van der Waals surface area (Å²) in [4.78, 5) is 16.2. The molecule has 0 spiro atoms. The molecule has 0 unspecified atom stereocenters. The van der Waals surface area contributed by atoms with Gasteiger partial charge in [0.2, 0.25) is 0 Å². The Kier molecular flexibility index (Phi) is 6.39. The summed E-state index contributed by atoms with van der Waals surface area (Å²) in [6, 6.07) is 12.8. The van der Waals surface area contributed by atoms with Crippen LogP contribution in [0.4, 0.5) is 10.8 Å². The van der Waals surface area contributed by atoms with Gasteiger partial charge in [-0.3, -0.25) is 14.8 Å². The number of carbonyl (C=O) groups is 1. The molecule has 0 aliphatic carbocycles. The summed E-state index contributed by atoms with van der Waals surface area (Å²) in [7, 11) is -3.72. The first-order chi connectivity index (χ1) is 13.3. The highest BCUT2D eigenvalue weighted by molar-refractivity contribution is 9.10. The van der Waals surface area contributed by atoms with E-state index in [4.69, 9.17) is 12.2 Å². The molecule has 3 aromatic rings. The van der Waals surface area contributed by atoms with E-state index in [1.54, 1.807) is 35.7 Å². The zero-order valence-corrected chi connectivity index (χ0v) is 18.1. The summed E-state index contributed by atoms with van der Waals surface area (Å²) in [6.45, 7) is 0. The van der Waals surface area contributed by atoms with E-state index < -0.39 is 10.0 Å². The maximum Gasteiger partial charge on any atom is 0.263 e. The summed E-state index contributed by atoms with van der Waals surface area (Å²) >= 11 is 9.63. The van der Waals surface area contributed by atoms with E-state index in [0.29, 0.717) is 16.4 Å². The van der Waals surface area contributed by atoms with Crippen molar-refractivity contribution in [1.29, 1.82) is 0 Å². The fourth-order valence-corrected chi connectivity index (χ4v) is 4.53. The summed E-state index contributed by atoms with van der Waals surface area (Å²) in [5.41, 5.74) is 0.987. The van der Waals surface area contributed by atoms with Gasteiger partial charge in [-0.2, -0.15) is 0 Å². The molecule has 3 rings (SSSR count). The molecule has 0 bridgehead atoms. The molecule has 0 aliphatic heterocycles. The minimum atomic E-state index is -3.72. The van der Waals surface area contributed by atoms with Crippen molar-refractivity contribution < 1.29 is 13.2 Å². The Hall–Kier alpha value is -2.34. The van der Waals surface area contributed by atoms with Gasteiger partial charge < -0.3 is 5.32 Å². The fourth-order valence-electron chi connectivity index (χ4n) is 2.13. The van der Waals surface area contributed by atoms with Crippen LogP contribution in [0.2, 0.25) is 0 Å². The van der Waals surface area contributed by atoms with Gasteiger partial charge in [-0.05, 0) is 54.7 Å². The number of anilines is 2. The number of thiazole rings is 1. The third-order valence-electron chi connectivity index (χ3n) is 3.39. The van der Waals surface area contributed by atoms with Gasteiger partial charge in [-0.15, -0.1) is 11.3 Å². The number of aromatic nitrogens is 1. The fraction of sp³-hybridized carbons (Fsp3) is 0. The van der Waals surface area contributed by atoms with Crippen LogP contribution < -0.4 is 15.4 Å². The van der Waals surface area contributed by atoms with Gasteiger partial charge in [0.05, 0.1) is 4.90 Å². The highest BCUT2D eigenvalue weighted by atomic mass is 79.9. The highest BCUT2D eigenvalue weighted by Crippen LogP contribution is 2.19. The molecule has 0 fully saturated rings. The maximum atomic E-state index is 12.3. The number of hydrogen-bond donors (Lipinski definition) is 3. The van der Waals surface area contributed by atoms with E-state index in [1.165, 1.54) is 29.7 Å². The van der Waals surface area contributed by atoms with Crippen LogP contribution >= 0.6 is 39.5 Å². The zero-order chi connectivity index (χ0) is 20.1. The largest absolute Gasteiger partial charge is 0.332 e. The minimum absolute atomic E-state index is 0.0809. The van der Waals surface area contributed by atoms with Crippen molar-refractivity contribution in [3.63, 3.8) is 0 Å². The Morgan fingerprint density at radius 1 is 1.14 bits per heavy atom. The second kappa shape index (κ2) is 8.78. The zero-order valence-electron chi connectivity index (χ0n) is 14.0. The lowest BCUT2D eigenvalue weighted by atomic mass is 10.2. The lowest BCUT2D eigenvalue weighted by Crippen LogP contribution is -2.34. The van der Waals surface area contributed by atoms with Crippen LogP contribution in [0.3, 0.4) is 0 Å². The minimum Gasteiger partial charge on any atom is -0.332 e. The molecule has 0 saturated carbocycles. The molecule has 11 heteroatoms. The first-order valence-electron chi connectivity index (χ1n) is 7.74. The third kappa shape index (κ3) is 5.35. The van der Waals surface area contributed by atoms with Gasteiger partial charge in [-0.25, -0.2) is 13.4 Å². The van der Waals surface area contributed by atoms with Crippen LogP contribution in [0.15, 0.2) is 69.5 Å². The average molecular weight is 497 g/mol. The maximum absolute atomic E-state index is 12.3. The summed E-state index contributed by atoms with van der Waals surface area (Å²) in [5, 5.41) is 7.48. The predicted molar refractivity (Wildman–Crippen MR) is 117 cm³/mol. The Morgan fingerprint density at radius 3 is 2.54 bits per heavy atom. The Balaban J connectivity index is 1.62. The molecule has 144 valence electrons. The number of thiocarbonyl (C=S) groups is 1. The van der Waals surface area contributed by atoms with Gasteiger partial charge in [-0.1, -0.05) is 22.0 Å². The van der Waals surface area contributed by atoms with Gasteiger partial charge >= 0.3 is 0 Å². The van der Waals surface area contributed by atoms with Crippen LogP contribution in [0, 0.1) is 0 Å². The number of amides is 1. The molecule has 1 heterocycles. The summed E-state index contributed by atoms with van der Waals surface area (Å²) < 4.78 is 27.8. The number of rotatable bonds is 5. The Bertz CT molecular complexity index is 1100. The van der Waals surface area contributed by atoms with Crippen LogP contribution in [0.1, 0.15) is 10.4 Å². The number of hydrogen-bond acceptors (Lipinski definition) is 6. The number of benzene rings is 2. The van der Waals surface area contributed by atoms with Crippen molar-refractivity contribution in [2.45, 2.75) is 4.90 Å². The van der Waals surface area contributed by atoms with Crippen molar-refractivity contribution in [1.82, 2.24) is 10.3 Å². The van der Waals surface area contributed by atoms with Gasteiger partial charge in [0.1, 0.15) is 0 Å². The average Bonchev–Trinajstić information content (AvgIpc) is 3.14. The normalized spacial score (nSPS) is 10.9. The van der Waals surface area contributed by atoms with E-state index >= 15 is 0 Å². The number of carbonyl (C=O) groups excluding carboxylic acids is 1. The van der Waals surface area contributed by atoms with E-state index in [1.807, 2.05) is 6.07 Å². The molecule has 1 amide bonds. The smallest absolute Gasteiger partial charge is 0.263 e. The molecule has 0 aliphatic rings. The molecule has 28 heavy (non-hydrogen) atoms. The van der Waals surface area contributed by atoms with E-state index in [-0.39, 0.29) is 15.9 Å². The number of nitrogens with zero attached hydrogens (tertiary/aromatic N) is 1. The topological polar surface area (TPSA) is 100 Å². The molecule has 2 aromatic carbocycles. The van der Waals surface area contributed by atoms with Crippen LogP contribution in [0.5, 0.6) is 0 Å². The van der Waals surface area contributed by atoms with Gasteiger partial charge in [0.15, 0.2) is 10.2 Å². The molecular formula is C17H13BrN4O3S3. The van der Waals surface area contributed by atoms with Crippen molar-refractivity contribution in [3.8, 4) is 0 Å². The molecule has 0 atom stereocenters. The molecular weight excluding hydrogens is 484 g/mol. The van der Waals surface area contributed by atoms with Gasteiger partial charge in [0.25, 0.3) is 15.9 Å². The van der Waals surface area contributed by atoms with Crippen LogP contribution in [0.25, 0.3) is 0 Å². The van der Waals surface area contributed by atoms with Crippen molar-refractivity contribution in [3.05, 3.63) is 70.1 Å². The number of sulfonamides is 1. The number of halogens is 1. The lowest BCUT2D eigenvalue weighted by molar-refractivity contribution is 0.0977. The SMILES string of the molecule is O=C(NC(=S)Nc1ccc(S(=O)(=O)Nc2nccs2)cc1)c1cccc(Br)c1. The van der Waals surface area contributed by atoms with Crippen molar-refractivity contribution in [2.24, 2.45) is 0 Å². The first-order valence-corrected chi connectivity index (χ1v) is 11.3. The van der Waals surface area contributed by atoms with E-state index in [9.17, 15) is 13.2 Å². The van der Waals surface area contributed by atoms with E-state index in [2.05, 4.69) is 36.3 Å².